The molecule has 2 heterocycles. The molecule has 8 nitrogen and oxygen atoms in total. The van der Waals surface area contributed by atoms with Crippen LogP contribution >= 0.6 is 0 Å². The number of piperazine rings is 1. The number of likely N-dealkylation sites (N-methyl/N-ethyl adjacent to an activating group) is 1. The molecular formula is C25H27N5O3. The molecule has 8 heteroatoms. The summed E-state index contributed by atoms with van der Waals surface area (Å²) in [6, 6.07) is 17.4. The van der Waals surface area contributed by atoms with Crippen LogP contribution in [0.15, 0.2) is 66.9 Å². The molecule has 2 amide bonds. The summed E-state index contributed by atoms with van der Waals surface area (Å²) in [5.41, 5.74) is 7.21. The van der Waals surface area contributed by atoms with Gasteiger partial charge in [-0.3, -0.25) is 9.59 Å². The molecule has 1 fully saturated rings. The highest BCUT2D eigenvalue weighted by Gasteiger charge is 2.15. The summed E-state index contributed by atoms with van der Waals surface area (Å²) < 4.78 is 5.76. The topological polar surface area (TPSA) is 101 Å². The fraction of sp³-hybridized carbons (Fsp3) is 0.240. The lowest BCUT2D eigenvalue weighted by Crippen LogP contribution is -2.44. The number of rotatable bonds is 7. The van der Waals surface area contributed by atoms with Crippen molar-refractivity contribution >= 4 is 17.6 Å². The summed E-state index contributed by atoms with van der Waals surface area (Å²) in [6.07, 6.45) is 1.79. The van der Waals surface area contributed by atoms with E-state index in [4.69, 9.17) is 10.5 Å². The number of ether oxygens (including phenoxy) is 1. The molecule has 1 aliphatic rings. The van der Waals surface area contributed by atoms with Gasteiger partial charge in [-0.15, -0.1) is 0 Å². The van der Waals surface area contributed by atoms with Gasteiger partial charge in [-0.1, -0.05) is 0 Å². The van der Waals surface area contributed by atoms with Crippen molar-refractivity contribution in [3.8, 4) is 11.5 Å². The number of nitrogens with one attached hydrogen (secondary N) is 1. The number of hydrogen-bond acceptors (Lipinski definition) is 6. The zero-order valence-electron chi connectivity index (χ0n) is 18.5. The Kier molecular flexibility index (Phi) is 6.85. The van der Waals surface area contributed by atoms with Gasteiger partial charge in [0.2, 0.25) is 5.91 Å². The number of primary amides is 1. The molecule has 0 unspecified atom stereocenters. The predicted octanol–water partition coefficient (Wildman–Crippen LogP) is 2.65. The third kappa shape index (κ3) is 5.87. The number of carbonyl (C=O) groups is 2. The van der Waals surface area contributed by atoms with E-state index in [9.17, 15) is 9.59 Å². The van der Waals surface area contributed by atoms with Crippen LogP contribution in [0.1, 0.15) is 26.3 Å². The average molecular weight is 446 g/mol. The number of benzene rings is 2. The molecule has 3 aromatic rings. The molecular weight excluding hydrogens is 418 g/mol. The highest BCUT2D eigenvalue weighted by molar-refractivity contribution is 5.94. The Labute approximate surface area is 193 Å². The second-order valence-electron chi connectivity index (χ2n) is 8.01. The summed E-state index contributed by atoms with van der Waals surface area (Å²) in [5, 5.41) is 2.96. The van der Waals surface area contributed by atoms with E-state index in [1.54, 1.807) is 54.7 Å². The number of pyridine rings is 1. The van der Waals surface area contributed by atoms with Crippen LogP contribution in [0.2, 0.25) is 0 Å². The molecule has 0 spiro atoms. The van der Waals surface area contributed by atoms with Gasteiger partial charge < -0.3 is 25.6 Å². The summed E-state index contributed by atoms with van der Waals surface area (Å²) in [6.45, 7) is 4.35. The van der Waals surface area contributed by atoms with Gasteiger partial charge in [0.1, 0.15) is 17.3 Å². The van der Waals surface area contributed by atoms with Crippen molar-refractivity contribution in [3.63, 3.8) is 0 Å². The SMILES string of the molecule is CN1CCN(c2cc(CNC(=O)c3ccc(Oc4ccc(C(N)=O)cc4)cc3)ccn2)CC1. The van der Waals surface area contributed by atoms with E-state index in [1.165, 1.54) is 0 Å². The third-order valence-corrected chi connectivity index (χ3v) is 5.58. The van der Waals surface area contributed by atoms with E-state index in [2.05, 4.69) is 27.1 Å². The number of aromatic nitrogens is 1. The first kappa shape index (κ1) is 22.3. The zero-order valence-corrected chi connectivity index (χ0v) is 18.5. The lowest BCUT2D eigenvalue weighted by molar-refractivity contribution is 0.0949. The molecule has 170 valence electrons. The summed E-state index contributed by atoms with van der Waals surface area (Å²) in [5.74, 6) is 1.46. The standard InChI is InChI=1S/C25H27N5O3/c1-29-12-14-30(15-13-29)23-16-18(10-11-27-23)17-28-25(32)20-4-8-22(9-5-20)33-21-6-2-19(3-7-21)24(26)31/h2-11,16H,12-15,17H2,1H3,(H2,26,31)(H,28,32). The maximum absolute atomic E-state index is 12.6. The molecule has 0 aliphatic carbocycles. The quantitative estimate of drug-likeness (QED) is 0.580. The largest absolute Gasteiger partial charge is 0.457 e. The van der Waals surface area contributed by atoms with E-state index in [1.807, 2.05) is 12.1 Å². The average Bonchev–Trinajstić information content (AvgIpc) is 2.84. The van der Waals surface area contributed by atoms with Gasteiger partial charge in [0.25, 0.3) is 5.91 Å². The lowest BCUT2D eigenvalue weighted by Gasteiger charge is -2.33. The van der Waals surface area contributed by atoms with E-state index in [-0.39, 0.29) is 5.91 Å². The Bertz CT molecular complexity index is 1110. The maximum atomic E-state index is 12.6. The van der Waals surface area contributed by atoms with Gasteiger partial charge in [0, 0.05) is 50.0 Å². The van der Waals surface area contributed by atoms with Gasteiger partial charge in [-0.2, -0.15) is 0 Å². The Morgan fingerprint density at radius 1 is 0.939 bits per heavy atom. The third-order valence-electron chi connectivity index (χ3n) is 5.58. The van der Waals surface area contributed by atoms with E-state index < -0.39 is 5.91 Å². The Balaban J connectivity index is 1.31. The number of carbonyl (C=O) groups excluding carboxylic acids is 2. The van der Waals surface area contributed by atoms with Crippen molar-refractivity contribution in [2.75, 3.05) is 38.1 Å². The summed E-state index contributed by atoms with van der Waals surface area (Å²) in [7, 11) is 2.12. The molecule has 0 bridgehead atoms. The van der Waals surface area contributed by atoms with Crippen molar-refractivity contribution in [1.82, 2.24) is 15.2 Å². The predicted molar refractivity (Wildman–Crippen MR) is 127 cm³/mol. The van der Waals surface area contributed by atoms with Gasteiger partial charge >= 0.3 is 0 Å². The van der Waals surface area contributed by atoms with Crippen molar-refractivity contribution in [3.05, 3.63) is 83.6 Å². The molecule has 2 aromatic carbocycles. The van der Waals surface area contributed by atoms with Gasteiger partial charge in [0.05, 0.1) is 0 Å². The minimum absolute atomic E-state index is 0.162. The molecule has 1 aliphatic heterocycles. The highest BCUT2D eigenvalue weighted by Crippen LogP contribution is 2.22. The molecule has 1 saturated heterocycles. The van der Waals surface area contributed by atoms with Crippen LogP contribution in [0.25, 0.3) is 0 Å². The summed E-state index contributed by atoms with van der Waals surface area (Å²) in [4.78, 5) is 32.8. The lowest BCUT2D eigenvalue weighted by atomic mass is 10.2. The van der Waals surface area contributed by atoms with Gasteiger partial charge in [-0.05, 0) is 73.3 Å². The fourth-order valence-electron chi connectivity index (χ4n) is 3.56. The van der Waals surface area contributed by atoms with Gasteiger partial charge in [0.15, 0.2) is 0 Å². The Morgan fingerprint density at radius 2 is 1.55 bits per heavy atom. The fourth-order valence-corrected chi connectivity index (χ4v) is 3.56. The molecule has 0 saturated carbocycles. The van der Waals surface area contributed by atoms with Gasteiger partial charge in [-0.25, -0.2) is 4.98 Å². The van der Waals surface area contributed by atoms with E-state index in [0.717, 1.165) is 37.6 Å². The smallest absolute Gasteiger partial charge is 0.251 e. The van der Waals surface area contributed by atoms with Crippen LogP contribution in [0.3, 0.4) is 0 Å². The maximum Gasteiger partial charge on any atom is 0.251 e. The van der Waals surface area contributed by atoms with E-state index >= 15 is 0 Å². The molecule has 1 aromatic heterocycles. The summed E-state index contributed by atoms with van der Waals surface area (Å²) >= 11 is 0. The normalized spacial score (nSPS) is 14.0. The highest BCUT2D eigenvalue weighted by atomic mass is 16.5. The van der Waals surface area contributed by atoms with E-state index in [0.29, 0.717) is 29.2 Å². The second-order valence-corrected chi connectivity index (χ2v) is 8.01. The number of amides is 2. The Hall–Kier alpha value is -3.91. The van der Waals surface area contributed by atoms with Crippen molar-refractivity contribution < 1.29 is 14.3 Å². The van der Waals surface area contributed by atoms with Crippen LogP contribution < -0.4 is 20.7 Å². The first-order valence-corrected chi connectivity index (χ1v) is 10.8. The van der Waals surface area contributed by atoms with Crippen LogP contribution in [0.5, 0.6) is 11.5 Å². The van der Waals surface area contributed by atoms with Crippen LogP contribution in [-0.4, -0.2) is 54.9 Å². The van der Waals surface area contributed by atoms with Crippen molar-refractivity contribution in [1.29, 1.82) is 0 Å². The second kappa shape index (κ2) is 10.1. The first-order valence-electron chi connectivity index (χ1n) is 10.8. The monoisotopic (exact) mass is 445 g/mol. The number of anilines is 1. The molecule has 0 atom stereocenters. The minimum atomic E-state index is -0.487. The molecule has 0 radical (unpaired) electrons. The minimum Gasteiger partial charge on any atom is -0.457 e. The van der Waals surface area contributed by atoms with Crippen molar-refractivity contribution in [2.24, 2.45) is 5.73 Å². The molecule has 33 heavy (non-hydrogen) atoms. The number of nitrogens with two attached hydrogens (primary N) is 1. The first-order chi connectivity index (χ1) is 16.0. The molecule has 3 N–H and O–H groups in total. The Morgan fingerprint density at radius 3 is 2.15 bits per heavy atom. The number of nitrogens with zero attached hydrogens (tertiary/aromatic N) is 3. The van der Waals surface area contributed by atoms with Crippen LogP contribution in [0.4, 0.5) is 5.82 Å². The molecule has 4 rings (SSSR count). The van der Waals surface area contributed by atoms with Crippen LogP contribution in [0, 0.1) is 0 Å². The van der Waals surface area contributed by atoms with Crippen molar-refractivity contribution in [2.45, 2.75) is 6.54 Å². The number of hydrogen-bond donors (Lipinski definition) is 2. The van der Waals surface area contributed by atoms with Crippen LogP contribution in [-0.2, 0) is 6.54 Å². The zero-order chi connectivity index (χ0) is 23.2.